The lowest BCUT2D eigenvalue weighted by Gasteiger charge is -2.29. The van der Waals surface area contributed by atoms with Gasteiger partial charge in [-0.25, -0.2) is 18.5 Å². The molecule has 1 aromatic carbocycles. The second-order valence-corrected chi connectivity index (χ2v) is 11.1. The number of allylic oxidation sites excluding steroid dienone is 1. The van der Waals surface area contributed by atoms with Gasteiger partial charge in [-0.15, -0.1) is 0 Å². The zero-order valence-corrected chi connectivity index (χ0v) is 23.1. The number of hydrogen-bond donors (Lipinski definition) is 1. The number of amides is 1. The Labute approximate surface area is 245 Å². The summed E-state index contributed by atoms with van der Waals surface area (Å²) < 4.78 is 118. The van der Waals surface area contributed by atoms with Crippen LogP contribution >= 0.6 is 0 Å². The summed E-state index contributed by atoms with van der Waals surface area (Å²) in [6.45, 7) is 0.129. The first-order valence-corrected chi connectivity index (χ1v) is 13.6. The molecule has 0 radical (unpaired) electrons. The van der Waals surface area contributed by atoms with Crippen LogP contribution in [0.2, 0.25) is 0 Å². The SMILES string of the molecule is Cn1nc2c(c1N=CC(=CN)c1ccc(C(F)(F)F)c(C(=O)N(CC3CC3)C3(C#N)CC3)c1)OC(F)CCC2(F)C(F)(F)F. The van der Waals surface area contributed by atoms with Gasteiger partial charge in [0.15, 0.2) is 17.3 Å². The van der Waals surface area contributed by atoms with Gasteiger partial charge in [0.2, 0.25) is 6.36 Å². The third kappa shape index (κ3) is 5.59. The van der Waals surface area contributed by atoms with E-state index in [1.54, 1.807) is 0 Å². The molecule has 1 amide bonds. The standard InChI is InChI=1S/C28H26F8N6O2/c1-41-23(21-22(40-41)26(30,28(34,35)36)7-6-20(29)44-21)39-12-17(11-37)16-4-5-19(27(31,32)33)18(10-16)24(43)42(13-15-2-3-15)25(14-38)8-9-25/h4-5,10-12,15,20H,2-3,6-9,13,37H2,1H3. The molecule has 44 heavy (non-hydrogen) atoms. The number of fused-ring (bicyclic) bond motifs is 1. The first kappa shape index (κ1) is 31.3. The molecule has 2 saturated carbocycles. The summed E-state index contributed by atoms with van der Waals surface area (Å²) in [6, 6.07) is 4.69. The number of carbonyl (C=O) groups excluding carboxylic acids is 1. The summed E-state index contributed by atoms with van der Waals surface area (Å²) in [5, 5.41) is 13.3. The number of ether oxygens (including phenoxy) is 1. The number of halogens is 8. The molecular weight excluding hydrogens is 604 g/mol. The third-order valence-corrected chi connectivity index (χ3v) is 7.99. The highest BCUT2D eigenvalue weighted by Gasteiger charge is 2.62. The second-order valence-electron chi connectivity index (χ2n) is 11.1. The number of rotatable bonds is 7. The Kier molecular flexibility index (Phi) is 7.66. The van der Waals surface area contributed by atoms with Crippen LogP contribution < -0.4 is 10.5 Å². The number of nitrogens with two attached hydrogens (primary N) is 1. The highest BCUT2D eigenvalue weighted by molar-refractivity contribution is 6.11. The molecule has 2 aromatic rings. The molecule has 1 aliphatic heterocycles. The van der Waals surface area contributed by atoms with Gasteiger partial charge in [-0.05, 0) is 49.3 Å². The van der Waals surface area contributed by atoms with Crippen LogP contribution in [0.1, 0.15) is 65.7 Å². The maximum atomic E-state index is 15.3. The Morgan fingerprint density at radius 2 is 1.91 bits per heavy atom. The molecule has 2 N–H and O–H groups in total. The van der Waals surface area contributed by atoms with Crippen molar-refractivity contribution in [1.29, 1.82) is 5.26 Å². The molecule has 3 aliphatic rings. The zero-order valence-electron chi connectivity index (χ0n) is 23.1. The fourth-order valence-corrected chi connectivity index (χ4v) is 5.11. The van der Waals surface area contributed by atoms with Crippen LogP contribution in [-0.4, -0.2) is 51.4 Å². The number of aromatic nitrogens is 2. The number of aliphatic imine (C=N–C) groups is 1. The van der Waals surface area contributed by atoms with Crippen molar-refractivity contribution in [1.82, 2.24) is 14.7 Å². The minimum absolute atomic E-state index is 0.0338. The Hall–Kier alpha value is -4.16. The predicted molar refractivity (Wildman–Crippen MR) is 140 cm³/mol. The number of aryl methyl sites for hydroxylation is 1. The molecular formula is C28H26F8N6O2. The summed E-state index contributed by atoms with van der Waals surface area (Å²) >= 11 is 0. The van der Waals surface area contributed by atoms with Crippen LogP contribution in [0.15, 0.2) is 29.4 Å². The van der Waals surface area contributed by atoms with Crippen LogP contribution in [0.5, 0.6) is 5.75 Å². The van der Waals surface area contributed by atoms with Gasteiger partial charge in [-0.2, -0.15) is 36.7 Å². The minimum Gasteiger partial charge on any atom is -0.454 e. The van der Waals surface area contributed by atoms with Crippen molar-refractivity contribution in [2.24, 2.45) is 23.7 Å². The molecule has 2 fully saturated rings. The van der Waals surface area contributed by atoms with E-state index in [4.69, 9.17) is 10.5 Å². The normalized spacial score (nSPS) is 23.5. The zero-order chi connectivity index (χ0) is 32.2. The lowest BCUT2D eigenvalue weighted by Crippen LogP contribution is -2.43. The average molecular weight is 631 g/mol. The van der Waals surface area contributed by atoms with Gasteiger partial charge >= 0.3 is 12.4 Å². The van der Waals surface area contributed by atoms with Crippen LogP contribution in [0.3, 0.4) is 0 Å². The molecule has 0 bridgehead atoms. The molecule has 5 rings (SSSR count). The van der Waals surface area contributed by atoms with Gasteiger partial charge in [-0.1, -0.05) is 6.07 Å². The summed E-state index contributed by atoms with van der Waals surface area (Å²) in [4.78, 5) is 18.8. The number of hydrogen-bond acceptors (Lipinski definition) is 6. The first-order chi connectivity index (χ1) is 20.5. The molecule has 2 heterocycles. The third-order valence-electron chi connectivity index (χ3n) is 7.99. The molecule has 8 nitrogen and oxygen atoms in total. The Bertz CT molecular complexity index is 1570. The number of alkyl halides is 8. The Balaban J connectivity index is 1.54. The average Bonchev–Trinajstić information content (AvgIpc) is 3.88. The largest absolute Gasteiger partial charge is 0.454 e. The van der Waals surface area contributed by atoms with Crippen molar-refractivity contribution in [3.63, 3.8) is 0 Å². The van der Waals surface area contributed by atoms with Crippen LogP contribution in [0, 0.1) is 17.2 Å². The fourth-order valence-electron chi connectivity index (χ4n) is 5.11. The molecule has 2 atom stereocenters. The highest BCUT2D eigenvalue weighted by atomic mass is 19.4. The van der Waals surface area contributed by atoms with Crippen molar-refractivity contribution in [2.45, 2.75) is 68.4 Å². The topological polar surface area (TPSA) is 110 Å². The van der Waals surface area contributed by atoms with Gasteiger partial charge in [0.05, 0.1) is 17.2 Å². The number of nitriles is 1. The molecule has 1 aromatic heterocycles. The van der Waals surface area contributed by atoms with E-state index in [1.165, 1.54) is 4.90 Å². The Morgan fingerprint density at radius 1 is 1.23 bits per heavy atom. The van der Waals surface area contributed by atoms with Crippen molar-refractivity contribution >= 4 is 23.5 Å². The molecule has 16 heteroatoms. The number of nitrogens with zero attached hydrogens (tertiary/aromatic N) is 5. The van der Waals surface area contributed by atoms with E-state index in [1.807, 2.05) is 0 Å². The van der Waals surface area contributed by atoms with Gasteiger partial charge in [-0.3, -0.25) is 4.79 Å². The first-order valence-electron chi connectivity index (χ1n) is 13.6. The molecule has 236 valence electrons. The summed E-state index contributed by atoms with van der Waals surface area (Å²) in [6.07, 6.45) is -10.8. The van der Waals surface area contributed by atoms with E-state index in [2.05, 4.69) is 16.2 Å². The minimum atomic E-state index is -5.45. The Morgan fingerprint density at radius 3 is 2.45 bits per heavy atom. The molecule has 2 unspecified atom stereocenters. The van der Waals surface area contributed by atoms with Gasteiger partial charge in [0.25, 0.3) is 11.6 Å². The maximum Gasteiger partial charge on any atom is 0.428 e. The summed E-state index contributed by atoms with van der Waals surface area (Å²) in [5.74, 6) is -2.31. The summed E-state index contributed by atoms with van der Waals surface area (Å²) in [5.41, 5.74) is -2.82. The fraction of sp³-hybridized carbons (Fsp3) is 0.500. The van der Waals surface area contributed by atoms with Crippen molar-refractivity contribution < 1.29 is 44.7 Å². The lowest BCUT2D eigenvalue weighted by atomic mass is 9.95. The number of carbonyl (C=O) groups is 1. The van der Waals surface area contributed by atoms with E-state index in [9.17, 15) is 40.8 Å². The van der Waals surface area contributed by atoms with E-state index in [-0.39, 0.29) is 23.6 Å². The smallest absolute Gasteiger partial charge is 0.428 e. The van der Waals surface area contributed by atoms with Crippen molar-refractivity contribution in [3.05, 3.63) is 46.8 Å². The van der Waals surface area contributed by atoms with E-state index >= 15 is 4.39 Å². The van der Waals surface area contributed by atoms with Crippen molar-refractivity contribution in [3.8, 4) is 11.8 Å². The summed E-state index contributed by atoms with van der Waals surface area (Å²) in [7, 11) is 1.12. The predicted octanol–water partition coefficient (Wildman–Crippen LogP) is 6.24. The van der Waals surface area contributed by atoms with Crippen LogP contribution in [0.25, 0.3) is 5.57 Å². The number of benzene rings is 1. The maximum absolute atomic E-state index is 15.3. The van der Waals surface area contributed by atoms with E-state index in [0.29, 0.717) is 18.9 Å². The molecule has 0 saturated heterocycles. The quantitative estimate of drug-likeness (QED) is 0.288. The van der Waals surface area contributed by atoms with Gasteiger partial charge in [0, 0.05) is 44.4 Å². The van der Waals surface area contributed by atoms with E-state index in [0.717, 1.165) is 49.1 Å². The molecule has 2 aliphatic carbocycles. The molecule has 0 spiro atoms. The van der Waals surface area contributed by atoms with Gasteiger partial charge in [0.1, 0.15) is 5.54 Å². The van der Waals surface area contributed by atoms with Crippen LogP contribution in [0.4, 0.5) is 40.9 Å². The van der Waals surface area contributed by atoms with Crippen molar-refractivity contribution in [2.75, 3.05) is 6.54 Å². The second kappa shape index (κ2) is 10.8. The highest BCUT2D eigenvalue weighted by Crippen LogP contribution is 2.53. The lowest BCUT2D eigenvalue weighted by molar-refractivity contribution is -0.240. The van der Waals surface area contributed by atoms with Crippen LogP contribution in [-0.2, 0) is 18.9 Å². The van der Waals surface area contributed by atoms with Gasteiger partial charge < -0.3 is 15.4 Å². The monoisotopic (exact) mass is 630 g/mol. The van der Waals surface area contributed by atoms with E-state index < -0.39 is 77.1 Å².